The van der Waals surface area contributed by atoms with Gasteiger partial charge in [-0.2, -0.15) is 0 Å². The predicted molar refractivity (Wildman–Crippen MR) is 317 cm³/mol. The summed E-state index contributed by atoms with van der Waals surface area (Å²) in [6.07, 6.45) is 37.7. The van der Waals surface area contributed by atoms with Crippen LogP contribution in [0.4, 0.5) is 0 Å². The van der Waals surface area contributed by atoms with Crippen molar-refractivity contribution in [2.45, 2.75) is 234 Å². The van der Waals surface area contributed by atoms with Crippen molar-refractivity contribution in [3.63, 3.8) is 0 Å². The molecule has 0 radical (unpaired) electrons. The highest BCUT2D eigenvalue weighted by molar-refractivity contribution is 14.1. The first-order valence-electron chi connectivity index (χ1n) is 30.3. The first-order chi connectivity index (χ1) is 35.9. The summed E-state index contributed by atoms with van der Waals surface area (Å²) in [6, 6.07) is 0. The highest BCUT2D eigenvalue weighted by atomic mass is 127. The smallest absolute Gasteiger partial charge is 0.223 e. The minimum atomic E-state index is -0.433. The van der Waals surface area contributed by atoms with Gasteiger partial charge in [0.2, 0.25) is 23.4 Å². The normalized spacial score (nSPS) is 44.1. The van der Waals surface area contributed by atoms with Crippen LogP contribution in [0.1, 0.15) is 224 Å². The summed E-state index contributed by atoms with van der Waals surface area (Å²) >= 11 is 2.53. The molecule has 420 valence electrons. The number of aliphatic hydroxyl groups is 1. The van der Waals surface area contributed by atoms with Gasteiger partial charge in [-0.3, -0.25) is 19.2 Å². The number of allylic oxidation sites excluding steroid dienone is 14. The maximum atomic E-state index is 13.5. The number of fused-ring (bicyclic) bond motifs is 14. The van der Waals surface area contributed by atoms with Crippen LogP contribution >= 0.6 is 22.6 Å². The minimum Gasteiger partial charge on any atom is -0.504 e. The third-order valence-corrected chi connectivity index (χ3v) is 27.0. The molecular formula is C68H95IN2O6. The van der Waals surface area contributed by atoms with Crippen LogP contribution in [0.15, 0.2) is 92.6 Å². The Hall–Kier alpha value is -3.47. The Bertz CT molecular complexity index is 2830. The molecule has 8 saturated carbocycles. The van der Waals surface area contributed by atoms with E-state index >= 15 is 0 Å². The van der Waals surface area contributed by atoms with Crippen molar-refractivity contribution in [3.8, 4) is 0 Å². The number of ether oxygens (including phenoxy) is 1. The molecule has 0 aromatic carbocycles. The molecule has 12 aliphatic carbocycles. The van der Waals surface area contributed by atoms with Crippen molar-refractivity contribution < 1.29 is 29.0 Å². The average Bonchev–Trinajstić information content (AvgIpc) is 4.23. The zero-order valence-corrected chi connectivity index (χ0v) is 51.5. The molecule has 0 saturated heterocycles. The molecular weight excluding hydrogens is 1070 g/mol. The van der Waals surface area contributed by atoms with E-state index in [0.717, 1.165) is 117 Å². The number of rotatable bonds is 4. The standard InChI is InChI=1S/C34H47NO3.C29H39NO3.C5H9I/c1-21-23-11-12-26-32(4,24(23)19-25(36)28(21)38-22-9-7-8-10-22)16-18-34(6)27-20-31(3,29(35)37)14-13-30(27,2)15-17-33(26,34)5;1-17-18-7-8-21-27(4,19(18)15-20(31)23(17)32)12-14-29(6)22-16-26(3,24(30)33)10-9-25(22,2)11-13-28(21,29)5;6-5-3-1-2-4-5/h11-12,19,22,27H,7-10,13-18,20H2,1-6H3,(H2,35,37);7-8,15,22,32H,9-14,16H2,1-6H3,(H2,30,33);5H,1-4H2/t27-,30-,31-,32+,33-,34+;22-,25-,26-,27+,28-,29+;/m11./s1. The topological polar surface area (TPSA) is 150 Å². The molecule has 77 heavy (non-hydrogen) atoms. The molecule has 8 nitrogen and oxygen atoms in total. The van der Waals surface area contributed by atoms with Crippen LogP contribution in [-0.4, -0.2) is 38.5 Å². The van der Waals surface area contributed by atoms with E-state index in [1.807, 2.05) is 13.0 Å². The number of aliphatic hydroxyl groups excluding tert-OH is 1. The van der Waals surface area contributed by atoms with Crippen molar-refractivity contribution in [2.75, 3.05) is 0 Å². The number of carbonyl (C=O) groups is 4. The van der Waals surface area contributed by atoms with E-state index in [1.54, 1.807) is 6.08 Å². The Morgan fingerprint density at radius 2 is 0.948 bits per heavy atom. The number of hydrogen-bond donors (Lipinski definition) is 3. The Kier molecular flexibility index (Phi) is 14.1. The maximum absolute atomic E-state index is 13.5. The SMILES string of the molecule is CC1=C(O)C(=O)C=C2C1=CC=C1[C@@]2(C)CC[C@@]2(C)[C@@H]3C[C@](C)(C(N)=O)CC[C@]3(C)CC[C@]12C.CC1=C(OC2CCCC2)C(=O)C=C2C1=CC=C1[C@@]2(C)CC[C@@]2(C)[C@@H]3C[C@](C)(C(N)=O)CC[C@]3(C)CC[C@]12C.IC1CCCC1. The van der Waals surface area contributed by atoms with Crippen molar-refractivity contribution >= 4 is 46.0 Å². The lowest BCUT2D eigenvalue weighted by atomic mass is 9.34. The molecule has 0 aromatic rings. The van der Waals surface area contributed by atoms with Gasteiger partial charge in [0.05, 0.1) is 6.10 Å². The molecule has 0 aromatic heterocycles. The van der Waals surface area contributed by atoms with Gasteiger partial charge in [-0.25, -0.2) is 0 Å². The van der Waals surface area contributed by atoms with Crippen LogP contribution < -0.4 is 11.5 Å². The van der Waals surface area contributed by atoms with Crippen molar-refractivity contribution in [1.82, 2.24) is 0 Å². The van der Waals surface area contributed by atoms with E-state index in [0.29, 0.717) is 23.2 Å². The monoisotopic (exact) mass is 1160 g/mol. The van der Waals surface area contributed by atoms with Gasteiger partial charge in [0.15, 0.2) is 11.5 Å². The molecule has 0 spiro atoms. The van der Waals surface area contributed by atoms with Crippen LogP contribution in [0.25, 0.3) is 0 Å². The van der Waals surface area contributed by atoms with Gasteiger partial charge in [0.25, 0.3) is 0 Å². The quantitative estimate of drug-likeness (QED) is 0.188. The Balaban J connectivity index is 0.000000159. The van der Waals surface area contributed by atoms with E-state index in [2.05, 4.69) is 123 Å². The van der Waals surface area contributed by atoms with Crippen LogP contribution in [0.5, 0.6) is 0 Å². The van der Waals surface area contributed by atoms with Gasteiger partial charge in [-0.05, 0) is 221 Å². The summed E-state index contributed by atoms with van der Waals surface area (Å²) in [5.41, 5.74) is 20.3. The number of primary amides is 2. The highest BCUT2D eigenvalue weighted by Gasteiger charge is 2.69. The number of halogens is 1. The van der Waals surface area contributed by atoms with Gasteiger partial charge in [0, 0.05) is 36.7 Å². The fourth-order valence-electron chi connectivity index (χ4n) is 19.5. The molecule has 12 aliphatic rings. The number of hydrogen-bond acceptors (Lipinski definition) is 6. The summed E-state index contributed by atoms with van der Waals surface area (Å²) in [5.74, 6) is 0.802. The molecule has 0 heterocycles. The number of carbonyl (C=O) groups excluding carboxylic acids is 4. The third kappa shape index (κ3) is 8.46. The van der Waals surface area contributed by atoms with Crippen LogP contribution in [0, 0.1) is 66.0 Å². The summed E-state index contributed by atoms with van der Waals surface area (Å²) in [7, 11) is 0. The van der Waals surface area contributed by atoms with Gasteiger partial charge in [-0.1, -0.05) is 140 Å². The third-order valence-electron chi connectivity index (χ3n) is 25.8. The lowest BCUT2D eigenvalue weighted by molar-refractivity contribution is -0.168. The highest BCUT2D eigenvalue weighted by Crippen LogP contribution is 2.77. The van der Waals surface area contributed by atoms with E-state index in [1.165, 1.54) is 67.2 Å². The number of amides is 2. The van der Waals surface area contributed by atoms with Gasteiger partial charge in [0.1, 0.15) is 0 Å². The van der Waals surface area contributed by atoms with Crippen LogP contribution in [0.2, 0.25) is 0 Å². The molecule has 12 rings (SSSR count). The van der Waals surface area contributed by atoms with Gasteiger partial charge in [-0.15, -0.1) is 0 Å². The molecule has 8 fully saturated rings. The Morgan fingerprint density at radius 1 is 0.545 bits per heavy atom. The fourth-order valence-corrected chi connectivity index (χ4v) is 20.4. The Labute approximate surface area is 476 Å². The second-order valence-electron chi connectivity index (χ2n) is 29.8. The maximum Gasteiger partial charge on any atom is 0.223 e. The first kappa shape index (κ1) is 56.8. The van der Waals surface area contributed by atoms with Crippen molar-refractivity contribution in [3.05, 3.63) is 92.6 Å². The first-order valence-corrected chi connectivity index (χ1v) is 31.6. The van der Waals surface area contributed by atoms with E-state index < -0.39 is 10.8 Å². The molecule has 2 amide bonds. The van der Waals surface area contributed by atoms with Crippen molar-refractivity contribution in [2.24, 2.45) is 77.5 Å². The Morgan fingerprint density at radius 3 is 1.36 bits per heavy atom. The van der Waals surface area contributed by atoms with Crippen LogP contribution in [-0.2, 0) is 23.9 Å². The van der Waals surface area contributed by atoms with E-state index in [4.69, 9.17) is 16.2 Å². The molecule has 5 N–H and O–H groups in total. The zero-order chi connectivity index (χ0) is 55.9. The lowest BCUT2D eigenvalue weighted by Crippen LogP contribution is -2.62. The molecule has 12 atom stereocenters. The minimum absolute atomic E-state index is 0.00420. The molecule has 0 bridgehead atoms. The molecule has 9 heteroatoms. The summed E-state index contributed by atoms with van der Waals surface area (Å²) < 4.78 is 7.33. The van der Waals surface area contributed by atoms with Crippen molar-refractivity contribution in [1.29, 1.82) is 0 Å². The number of nitrogens with two attached hydrogens (primary N) is 2. The van der Waals surface area contributed by atoms with E-state index in [9.17, 15) is 24.3 Å². The summed E-state index contributed by atoms with van der Waals surface area (Å²) in [6.45, 7) is 27.6. The number of ketones is 2. The average molecular weight is 1160 g/mol. The summed E-state index contributed by atoms with van der Waals surface area (Å²) in [5, 5.41) is 10.3. The number of alkyl halides is 1. The predicted octanol–water partition coefficient (Wildman–Crippen LogP) is 16.0. The lowest BCUT2D eigenvalue weighted by Gasteiger charge is -2.70. The van der Waals surface area contributed by atoms with Gasteiger partial charge < -0.3 is 21.3 Å². The van der Waals surface area contributed by atoms with Crippen LogP contribution in [0.3, 0.4) is 0 Å². The van der Waals surface area contributed by atoms with Gasteiger partial charge >= 0.3 is 0 Å². The molecule has 0 aliphatic heterocycles. The second-order valence-corrected chi connectivity index (χ2v) is 31.6. The second kappa shape index (κ2) is 19.1. The zero-order valence-electron chi connectivity index (χ0n) is 49.4. The largest absolute Gasteiger partial charge is 0.504 e. The molecule has 0 unspecified atom stereocenters. The fraction of sp³-hybridized carbons (Fsp3) is 0.706. The van der Waals surface area contributed by atoms with E-state index in [-0.39, 0.29) is 78.6 Å². The summed E-state index contributed by atoms with van der Waals surface area (Å²) in [4.78, 5) is 51.1.